The Bertz CT molecular complexity index is 389. The van der Waals surface area contributed by atoms with Gasteiger partial charge in [-0.15, -0.1) is 0 Å². The van der Waals surface area contributed by atoms with E-state index in [-0.39, 0.29) is 0 Å². The van der Waals surface area contributed by atoms with Crippen LogP contribution in [0.5, 0.6) is 5.75 Å². The first-order valence-corrected chi connectivity index (χ1v) is 7.01. The van der Waals surface area contributed by atoms with Crippen LogP contribution in [0.3, 0.4) is 0 Å². The zero-order valence-electron chi connectivity index (χ0n) is 12.3. The first-order valence-electron chi connectivity index (χ1n) is 7.01. The summed E-state index contributed by atoms with van der Waals surface area (Å²) in [6, 6.07) is 8.16. The molecule has 0 radical (unpaired) electrons. The van der Waals surface area contributed by atoms with Crippen LogP contribution in [0.1, 0.15) is 0 Å². The summed E-state index contributed by atoms with van der Waals surface area (Å²) >= 11 is 0. The predicted octanol–water partition coefficient (Wildman–Crippen LogP) is 0.824. The third-order valence-corrected chi connectivity index (χ3v) is 3.64. The quantitative estimate of drug-likeness (QED) is 0.836. The van der Waals surface area contributed by atoms with Crippen molar-refractivity contribution >= 4 is 5.69 Å². The number of nitrogens with zero attached hydrogens (tertiary/aromatic N) is 2. The lowest BCUT2D eigenvalue weighted by atomic mass is 10.2. The van der Waals surface area contributed by atoms with Crippen molar-refractivity contribution < 1.29 is 14.6 Å². The molecule has 5 nitrogen and oxygen atoms in total. The van der Waals surface area contributed by atoms with Crippen LogP contribution in [-0.4, -0.2) is 69.7 Å². The summed E-state index contributed by atoms with van der Waals surface area (Å²) in [5, 5.41) is 9.75. The molecule has 0 bridgehead atoms. The number of ether oxygens (including phenoxy) is 2. The summed E-state index contributed by atoms with van der Waals surface area (Å²) in [4.78, 5) is 4.64. The Kier molecular flexibility index (Phi) is 5.64. The largest absolute Gasteiger partial charge is 0.497 e. The fourth-order valence-electron chi connectivity index (χ4n) is 2.52. The Morgan fingerprint density at radius 1 is 1.10 bits per heavy atom. The summed E-state index contributed by atoms with van der Waals surface area (Å²) in [5.74, 6) is 0.884. The Morgan fingerprint density at radius 2 is 1.75 bits per heavy atom. The van der Waals surface area contributed by atoms with E-state index >= 15 is 0 Å². The van der Waals surface area contributed by atoms with Crippen molar-refractivity contribution in [3.63, 3.8) is 0 Å². The number of rotatable bonds is 6. The molecular weight excluding hydrogens is 256 g/mol. The average Bonchev–Trinajstić information content (AvgIpc) is 2.48. The van der Waals surface area contributed by atoms with Crippen LogP contribution in [0.2, 0.25) is 0 Å². The highest BCUT2D eigenvalue weighted by Crippen LogP contribution is 2.20. The molecule has 5 heteroatoms. The molecule has 20 heavy (non-hydrogen) atoms. The number of anilines is 1. The molecule has 1 fully saturated rings. The minimum Gasteiger partial charge on any atom is -0.497 e. The van der Waals surface area contributed by atoms with Crippen LogP contribution in [0.15, 0.2) is 24.3 Å². The molecule has 1 aromatic carbocycles. The highest BCUT2D eigenvalue weighted by Gasteiger charge is 2.19. The number of aliphatic hydroxyl groups excluding tert-OH is 1. The van der Waals surface area contributed by atoms with E-state index in [9.17, 15) is 5.11 Å². The molecule has 0 aromatic heterocycles. The Labute approximate surface area is 120 Å². The minimum absolute atomic E-state index is 0.396. The molecule has 0 amide bonds. The third kappa shape index (κ3) is 4.10. The molecule has 1 heterocycles. The summed E-state index contributed by atoms with van der Waals surface area (Å²) in [6.45, 7) is 4.97. The highest BCUT2D eigenvalue weighted by atomic mass is 16.5. The first kappa shape index (κ1) is 15.1. The molecule has 1 aliphatic heterocycles. The van der Waals surface area contributed by atoms with E-state index in [1.807, 2.05) is 12.1 Å². The van der Waals surface area contributed by atoms with E-state index in [0.717, 1.165) is 31.9 Å². The maximum absolute atomic E-state index is 9.75. The van der Waals surface area contributed by atoms with Gasteiger partial charge in [-0.05, 0) is 24.3 Å². The zero-order valence-corrected chi connectivity index (χ0v) is 12.3. The van der Waals surface area contributed by atoms with Crippen molar-refractivity contribution in [3.05, 3.63) is 24.3 Å². The van der Waals surface area contributed by atoms with Gasteiger partial charge in [0.1, 0.15) is 5.75 Å². The highest BCUT2D eigenvalue weighted by molar-refractivity contribution is 5.49. The fourth-order valence-corrected chi connectivity index (χ4v) is 2.52. The molecule has 112 valence electrons. The second-order valence-electron chi connectivity index (χ2n) is 5.09. The summed E-state index contributed by atoms with van der Waals surface area (Å²) < 4.78 is 10.1. The SMILES string of the molecule is COCC(O)CN1CCN(c2ccc(OC)cc2)CC1. The Balaban J connectivity index is 1.81. The fraction of sp³-hybridized carbons (Fsp3) is 0.600. The van der Waals surface area contributed by atoms with Gasteiger partial charge < -0.3 is 19.5 Å². The number of hydrogen-bond acceptors (Lipinski definition) is 5. The van der Waals surface area contributed by atoms with Crippen molar-refractivity contribution in [1.82, 2.24) is 4.90 Å². The van der Waals surface area contributed by atoms with E-state index in [0.29, 0.717) is 13.2 Å². The predicted molar refractivity (Wildman–Crippen MR) is 79.5 cm³/mol. The van der Waals surface area contributed by atoms with E-state index in [4.69, 9.17) is 9.47 Å². The van der Waals surface area contributed by atoms with Crippen molar-refractivity contribution in [2.75, 3.05) is 58.5 Å². The van der Waals surface area contributed by atoms with Gasteiger partial charge in [-0.1, -0.05) is 0 Å². The van der Waals surface area contributed by atoms with Crippen molar-refractivity contribution in [2.45, 2.75) is 6.10 Å². The second kappa shape index (κ2) is 7.47. The van der Waals surface area contributed by atoms with E-state index in [1.165, 1.54) is 5.69 Å². The maximum Gasteiger partial charge on any atom is 0.119 e. The van der Waals surface area contributed by atoms with Gasteiger partial charge in [0.15, 0.2) is 0 Å². The number of benzene rings is 1. The molecule has 1 aromatic rings. The van der Waals surface area contributed by atoms with Gasteiger partial charge in [0.2, 0.25) is 0 Å². The lowest BCUT2D eigenvalue weighted by Gasteiger charge is -2.36. The molecule has 1 atom stereocenters. The van der Waals surface area contributed by atoms with Gasteiger partial charge in [-0.2, -0.15) is 0 Å². The standard InChI is InChI=1S/C15H24N2O3/c1-19-12-14(18)11-16-7-9-17(10-8-16)13-3-5-15(20-2)6-4-13/h3-6,14,18H,7-12H2,1-2H3. The van der Waals surface area contributed by atoms with Crippen LogP contribution in [-0.2, 0) is 4.74 Å². The van der Waals surface area contributed by atoms with Crippen LogP contribution in [0.25, 0.3) is 0 Å². The lowest BCUT2D eigenvalue weighted by Crippen LogP contribution is -2.49. The number of hydrogen-bond donors (Lipinski definition) is 1. The molecule has 1 unspecified atom stereocenters. The molecule has 0 saturated carbocycles. The smallest absolute Gasteiger partial charge is 0.119 e. The molecule has 1 N–H and O–H groups in total. The molecule has 1 saturated heterocycles. The van der Waals surface area contributed by atoms with Crippen molar-refractivity contribution in [1.29, 1.82) is 0 Å². The number of methoxy groups -OCH3 is 2. The van der Waals surface area contributed by atoms with E-state index < -0.39 is 6.10 Å². The summed E-state index contributed by atoms with van der Waals surface area (Å²) in [6.07, 6.45) is -0.396. The maximum atomic E-state index is 9.75. The summed E-state index contributed by atoms with van der Waals surface area (Å²) in [5.41, 5.74) is 1.22. The summed E-state index contributed by atoms with van der Waals surface area (Å²) in [7, 11) is 3.30. The van der Waals surface area contributed by atoms with Crippen molar-refractivity contribution in [3.8, 4) is 5.75 Å². The molecule has 0 spiro atoms. The topological polar surface area (TPSA) is 45.2 Å². The average molecular weight is 280 g/mol. The Hall–Kier alpha value is -1.30. The van der Waals surface area contributed by atoms with E-state index in [2.05, 4.69) is 21.9 Å². The van der Waals surface area contributed by atoms with Gasteiger partial charge in [-0.3, -0.25) is 4.90 Å². The second-order valence-corrected chi connectivity index (χ2v) is 5.09. The number of piperazine rings is 1. The van der Waals surface area contributed by atoms with Crippen LogP contribution >= 0.6 is 0 Å². The minimum atomic E-state index is -0.396. The normalized spacial score (nSPS) is 18.1. The van der Waals surface area contributed by atoms with Crippen molar-refractivity contribution in [2.24, 2.45) is 0 Å². The number of β-amino-alcohol motifs (C(OH)–C–C–N with tert-alkyl or cyclic N) is 1. The molecule has 0 aliphatic carbocycles. The zero-order chi connectivity index (χ0) is 14.4. The van der Waals surface area contributed by atoms with Gasteiger partial charge in [-0.25, -0.2) is 0 Å². The van der Waals surface area contributed by atoms with Gasteiger partial charge >= 0.3 is 0 Å². The van der Waals surface area contributed by atoms with Gasteiger partial charge in [0.25, 0.3) is 0 Å². The first-order chi connectivity index (χ1) is 9.72. The Morgan fingerprint density at radius 3 is 2.30 bits per heavy atom. The molecular formula is C15H24N2O3. The van der Waals surface area contributed by atoms with Crippen LogP contribution in [0, 0.1) is 0 Å². The van der Waals surface area contributed by atoms with Gasteiger partial charge in [0, 0.05) is 45.5 Å². The lowest BCUT2D eigenvalue weighted by molar-refractivity contribution is 0.0365. The van der Waals surface area contributed by atoms with Crippen LogP contribution in [0.4, 0.5) is 5.69 Å². The monoisotopic (exact) mass is 280 g/mol. The molecule has 2 rings (SSSR count). The van der Waals surface area contributed by atoms with E-state index in [1.54, 1.807) is 14.2 Å². The van der Waals surface area contributed by atoms with Crippen LogP contribution < -0.4 is 9.64 Å². The molecule has 1 aliphatic rings. The number of aliphatic hydroxyl groups is 1. The van der Waals surface area contributed by atoms with Gasteiger partial charge in [0.05, 0.1) is 19.8 Å². The third-order valence-electron chi connectivity index (χ3n) is 3.64.